The molecule has 0 aliphatic carbocycles. The van der Waals surface area contributed by atoms with Gasteiger partial charge in [0.15, 0.2) is 5.78 Å². The lowest BCUT2D eigenvalue weighted by Crippen LogP contribution is -2.12. The molecule has 0 radical (unpaired) electrons. The van der Waals surface area contributed by atoms with Crippen LogP contribution in [0.25, 0.3) is 6.08 Å². The van der Waals surface area contributed by atoms with Crippen molar-refractivity contribution in [1.82, 2.24) is 0 Å². The molecule has 0 saturated carbocycles. The molecule has 20 heavy (non-hydrogen) atoms. The maximum atomic E-state index is 13.3. The van der Waals surface area contributed by atoms with Crippen LogP contribution in [0.2, 0.25) is 0 Å². The molecule has 100 valence electrons. The van der Waals surface area contributed by atoms with Gasteiger partial charge < -0.3 is 5.11 Å². The Morgan fingerprint density at radius 2 is 2.05 bits per heavy atom. The summed E-state index contributed by atoms with van der Waals surface area (Å²) < 4.78 is 13.3. The number of Topliss-reactive ketones (excluding diaryl/α,β-unsaturated/α-hetero) is 1. The quantitative estimate of drug-likeness (QED) is 0.808. The Bertz CT molecular complexity index is 722. The van der Waals surface area contributed by atoms with Crippen LogP contribution in [0.1, 0.15) is 15.9 Å². The van der Waals surface area contributed by atoms with Gasteiger partial charge in [-0.3, -0.25) is 4.79 Å². The maximum Gasteiger partial charge on any atom is 0.191 e. The number of carbonyl (C=O) groups excluding carboxylic acids is 1. The predicted octanol–water partition coefficient (Wildman–Crippen LogP) is 3.90. The number of hydrogen-bond donors (Lipinski definition) is 1. The SMILES string of the molecule is O=C1/C(=C/c2cccc(O)c2)CSc2ccc(F)cc21. The molecule has 0 spiro atoms. The summed E-state index contributed by atoms with van der Waals surface area (Å²) in [4.78, 5) is 13.2. The molecule has 1 heterocycles. The fraction of sp³-hybridized carbons (Fsp3) is 0.0625. The number of fused-ring (bicyclic) bond motifs is 1. The summed E-state index contributed by atoms with van der Waals surface area (Å²) in [5, 5.41) is 9.43. The van der Waals surface area contributed by atoms with Crippen LogP contribution < -0.4 is 0 Å². The van der Waals surface area contributed by atoms with Crippen molar-refractivity contribution in [3.63, 3.8) is 0 Å². The van der Waals surface area contributed by atoms with Gasteiger partial charge in [0.05, 0.1) is 0 Å². The normalized spacial score (nSPS) is 16.2. The standard InChI is InChI=1S/C16H11FO2S/c17-12-4-5-15-14(8-12)16(19)11(9-20-15)6-10-2-1-3-13(18)7-10/h1-8,18H,9H2/b11-6+. The number of phenols is 1. The molecule has 0 atom stereocenters. The van der Waals surface area contributed by atoms with Crippen LogP contribution in [0.5, 0.6) is 5.75 Å². The number of ketones is 1. The number of carbonyl (C=O) groups is 1. The van der Waals surface area contributed by atoms with Crippen molar-refractivity contribution in [2.24, 2.45) is 0 Å². The molecule has 1 N–H and O–H groups in total. The van der Waals surface area contributed by atoms with Crippen LogP contribution in [0.4, 0.5) is 4.39 Å². The molecule has 4 heteroatoms. The van der Waals surface area contributed by atoms with E-state index in [0.29, 0.717) is 16.9 Å². The number of halogens is 1. The fourth-order valence-corrected chi connectivity index (χ4v) is 3.12. The zero-order valence-corrected chi connectivity index (χ0v) is 11.3. The number of hydrogen-bond acceptors (Lipinski definition) is 3. The third-order valence-electron chi connectivity index (χ3n) is 3.07. The summed E-state index contributed by atoms with van der Waals surface area (Å²) in [5.74, 6) is 0.146. The molecule has 0 fully saturated rings. The predicted molar refractivity (Wildman–Crippen MR) is 77.5 cm³/mol. The minimum Gasteiger partial charge on any atom is -0.508 e. The molecule has 1 aliphatic heterocycles. The van der Waals surface area contributed by atoms with Gasteiger partial charge in [0.25, 0.3) is 0 Å². The second kappa shape index (κ2) is 5.13. The van der Waals surface area contributed by atoms with Crippen molar-refractivity contribution in [2.45, 2.75) is 4.90 Å². The van der Waals surface area contributed by atoms with Gasteiger partial charge in [0, 0.05) is 21.8 Å². The molecule has 1 aliphatic rings. The Labute approximate surface area is 119 Å². The Morgan fingerprint density at radius 1 is 1.20 bits per heavy atom. The monoisotopic (exact) mass is 286 g/mol. The minimum absolute atomic E-state index is 0.151. The second-order valence-electron chi connectivity index (χ2n) is 4.52. The Hall–Kier alpha value is -2.07. The lowest BCUT2D eigenvalue weighted by molar-refractivity contribution is 0.103. The summed E-state index contributed by atoms with van der Waals surface area (Å²) in [6.07, 6.45) is 1.74. The molecule has 2 nitrogen and oxygen atoms in total. The van der Waals surface area contributed by atoms with E-state index in [2.05, 4.69) is 0 Å². The highest BCUT2D eigenvalue weighted by molar-refractivity contribution is 7.99. The van der Waals surface area contributed by atoms with Gasteiger partial charge in [-0.15, -0.1) is 11.8 Å². The molecule has 0 amide bonds. The van der Waals surface area contributed by atoms with Gasteiger partial charge in [-0.2, -0.15) is 0 Å². The van der Waals surface area contributed by atoms with Gasteiger partial charge in [-0.1, -0.05) is 12.1 Å². The first-order valence-corrected chi connectivity index (χ1v) is 7.09. The summed E-state index contributed by atoms with van der Waals surface area (Å²) in [6.45, 7) is 0. The smallest absolute Gasteiger partial charge is 0.191 e. The minimum atomic E-state index is -0.406. The van der Waals surface area contributed by atoms with E-state index in [1.807, 2.05) is 6.07 Å². The first kappa shape index (κ1) is 12.9. The Morgan fingerprint density at radius 3 is 2.85 bits per heavy atom. The lowest BCUT2D eigenvalue weighted by atomic mass is 10.0. The number of aromatic hydroxyl groups is 1. The molecule has 0 aromatic heterocycles. The third kappa shape index (κ3) is 2.47. The van der Waals surface area contributed by atoms with Crippen LogP contribution in [-0.4, -0.2) is 16.6 Å². The largest absolute Gasteiger partial charge is 0.508 e. The van der Waals surface area contributed by atoms with Crippen LogP contribution in [0.15, 0.2) is 52.9 Å². The fourth-order valence-electron chi connectivity index (χ4n) is 2.12. The van der Waals surface area contributed by atoms with Crippen molar-refractivity contribution in [3.8, 4) is 5.75 Å². The zero-order chi connectivity index (χ0) is 14.1. The number of benzene rings is 2. The number of thioether (sulfide) groups is 1. The van der Waals surface area contributed by atoms with E-state index in [0.717, 1.165) is 10.5 Å². The lowest BCUT2D eigenvalue weighted by Gasteiger charge is -2.16. The van der Waals surface area contributed by atoms with Crippen LogP contribution in [0, 0.1) is 5.82 Å². The summed E-state index contributed by atoms with van der Waals surface area (Å²) in [7, 11) is 0. The summed E-state index contributed by atoms with van der Waals surface area (Å²) in [6, 6.07) is 11.0. The van der Waals surface area contributed by atoms with E-state index < -0.39 is 5.82 Å². The van der Waals surface area contributed by atoms with Crippen molar-refractivity contribution in [1.29, 1.82) is 0 Å². The van der Waals surface area contributed by atoms with E-state index in [9.17, 15) is 14.3 Å². The summed E-state index contributed by atoms with van der Waals surface area (Å²) >= 11 is 1.51. The first-order chi connectivity index (χ1) is 9.63. The topological polar surface area (TPSA) is 37.3 Å². The first-order valence-electron chi connectivity index (χ1n) is 6.10. The third-order valence-corrected chi connectivity index (χ3v) is 4.19. The molecular formula is C16H11FO2S. The van der Waals surface area contributed by atoms with Gasteiger partial charge in [0.2, 0.25) is 0 Å². The van der Waals surface area contributed by atoms with E-state index in [1.165, 1.54) is 23.9 Å². The van der Waals surface area contributed by atoms with Crippen LogP contribution >= 0.6 is 11.8 Å². The van der Waals surface area contributed by atoms with E-state index in [1.54, 1.807) is 30.3 Å². The van der Waals surface area contributed by atoms with Crippen LogP contribution in [-0.2, 0) is 0 Å². The van der Waals surface area contributed by atoms with E-state index in [-0.39, 0.29) is 11.5 Å². The maximum absolute atomic E-state index is 13.3. The van der Waals surface area contributed by atoms with Gasteiger partial charge in [-0.25, -0.2) is 4.39 Å². The molecule has 0 saturated heterocycles. The Kier molecular flexibility index (Phi) is 3.32. The average molecular weight is 286 g/mol. The second-order valence-corrected chi connectivity index (χ2v) is 5.54. The summed E-state index contributed by atoms with van der Waals surface area (Å²) in [5.41, 5.74) is 1.78. The highest BCUT2D eigenvalue weighted by Gasteiger charge is 2.22. The van der Waals surface area contributed by atoms with Crippen LogP contribution in [0.3, 0.4) is 0 Å². The molecular weight excluding hydrogens is 275 g/mol. The number of phenolic OH excluding ortho intramolecular Hbond substituents is 1. The molecule has 2 aromatic rings. The van der Waals surface area contributed by atoms with Gasteiger partial charge in [0.1, 0.15) is 11.6 Å². The molecule has 2 aromatic carbocycles. The molecule has 0 bridgehead atoms. The highest BCUT2D eigenvalue weighted by Crippen LogP contribution is 2.33. The molecule has 3 rings (SSSR count). The van der Waals surface area contributed by atoms with E-state index in [4.69, 9.17) is 0 Å². The number of rotatable bonds is 1. The van der Waals surface area contributed by atoms with Crippen molar-refractivity contribution < 1.29 is 14.3 Å². The Balaban J connectivity index is 2.00. The highest BCUT2D eigenvalue weighted by atomic mass is 32.2. The average Bonchev–Trinajstić information content (AvgIpc) is 2.43. The van der Waals surface area contributed by atoms with Crippen molar-refractivity contribution in [2.75, 3.05) is 5.75 Å². The van der Waals surface area contributed by atoms with Gasteiger partial charge >= 0.3 is 0 Å². The van der Waals surface area contributed by atoms with Crippen molar-refractivity contribution in [3.05, 3.63) is 65.0 Å². The van der Waals surface area contributed by atoms with E-state index >= 15 is 0 Å². The van der Waals surface area contributed by atoms with Gasteiger partial charge in [-0.05, 0) is 42.0 Å². The zero-order valence-electron chi connectivity index (χ0n) is 10.5. The molecule has 0 unspecified atom stereocenters. The van der Waals surface area contributed by atoms with Crippen molar-refractivity contribution >= 4 is 23.6 Å².